The summed E-state index contributed by atoms with van der Waals surface area (Å²) in [6.45, 7) is 0. The van der Waals surface area contributed by atoms with Crippen molar-refractivity contribution < 1.29 is 14.7 Å². The number of carbonyl (C=O) groups excluding carboxylic acids is 2. The lowest BCUT2D eigenvalue weighted by molar-refractivity contribution is 0.100. The first-order valence-electron chi connectivity index (χ1n) is 7.22. The third-order valence-corrected chi connectivity index (χ3v) is 3.52. The van der Waals surface area contributed by atoms with Crippen LogP contribution in [0.4, 0.5) is 16.2 Å². The first-order chi connectivity index (χ1) is 11.5. The van der Waals surface area contributed by atoms with Crippen molar-refractivity contribution in [3.8, 4) is 5.75 Å². The summed E-state index contributed by atoms with van der Waals surface area (Å²) in [5.74, 6) is -0.449. The zero-order valence-corrected chi connectivity index (χ0v) is 12.6. The van der Waals surface area contributed by atoms with Crippen LogP contribution in [0.15, 0.2) is 60.7 Å². The molecule has 0 atom stereocenters. The molecule has 3 amide bonds. The molecule has 0 aromatic heterocycles. The number of aromatic hydroxyl groups is 1. The predicted molar refractivity (Wildman–Crippen MR) is 93.2 cm³/mol. The van der Waals surface area contributed by atoms with E-state index in [-0.39, 0.29) is 5.75 Å². The highest BCUT2D eigenvalue weighted by atomic mass is 16.3. The standard InChI is InChI=1S/C18H15N3O3/c19-17(23)12-4-1-5-13(9-12)20-18(24)21-16-6-2-3-11-7-8-14(22)10-15(11)16/h1-10,22H,(H2,19,23)(H2,20,21,24). The van der Waals surface area contributed by atoms with Gasteiger partial charge in [0, 0.05) is 16.6 Å². The topological polar surface area (TPSA) is 104 Å². The van der Waals surface area contributed by atoms with E-state index < -0.39 is 11.9 Å². The van der Waals surface area contributed by atoms with Gasteiger partial charge in [-0.05, 0) is 41.8 Å². The van der Waals surface area contributed by atoms with Crippen LogP contribution in [0.3, 0.4) is 0 Å². The molecule has 6 nitrogen and oxygen atoms in total. The fourth-order valence-electron chi connectivity index (χ4n) is 2.40. The molecule has 0 saturated heterocycles. The van der Waals surface area contributed by atoms with E-state index in [9.17, 15) is 14.7 Å². The predicted octanol–water partition coefficient (Wildman–Crippen LogP) is 3.29. The van der Waals surface area contributed by atoms with Crippen LogP contribution in [0.1, 0.15) is 10.4 Å². The van der Waals surface area contributed by atoms with Crippen molar-refractivity contribution in [3.05, 3.63) is 66.2 Å². The molecule has 3 aromatic carbocycles. The molecule has 0 aliphatic rings. The van der Waals surface area contributed by atoms with Crippen molar-refractivity contribution >= 4 is 34.1 Å². The number of anilines is 2. The molecule has 0 aliphatic carbocycles. The summed E-state index contributed by atoms with van der Waals surface area (Å²) in [4.78, 5) is 23.4. The fraction of sp³-hybridized carbons (Fsp3) is 0. The molecule has 0 radical (unpaired) electrons. The number of hydrogen-bond donors (Lipinski definition) is 4. The van der Waals surface area contributed by atoms with Crippen LogP contribution in [0.25, 0.3) is 10.8 Å². The number of phenolic OH excluding ortho intramolecular Hbond substituents is 1. The maximum Gasteiger partial charge on any atom is 0.323 e. The molecule has 0 heterocycles. The van der Waals surface area contributed by atoms with Crippen molar-refractivity contribution in [2.75, 3.05) is 10.6 Å². The van der Waals surface area contributed by atoms with E-state index in [0.717, 1.165) is 10.8 Å². The molecular formula is C18H15N3O3. The van der Waals surface area contributed by atoms with E-state index in [4.69, 9.17) is 5.73 Å². The Morgan fingerprint density at radius 1 is 0.917 bits per heavy atom. The number of benzene rings is 3. The SMILES string of the molecule is NC(=O)c1cccc(NC(=O)Nc2cccc3ccc(O)cc23)c1. The van der Waals surface area contributed by atoms with E-state index >= 15 is 0 Å². The van der Waals surface area contributed by atoms with Gasteiger partial charge in [0.05, 0.1) is 5.69 Å². The van der Waals surface area contributed by atoms with Crippen LogP contribution in [-0.4, -0.2) is 17.0 Å². The van der Waals surface area contributed by atoms with Gasteiger partial charge in [0.25, 0.3) is 0 Å². The van der Waals surface area contributed by atoms with Gasteiger partial charge in [-0.25, -0.2) is 4.79 Å². The average Bonchev–Trinajstić information content (AvgIpc) is 2.55. The van der Waals surface area contributed by atoms with Crippen LogP contribution in [0.5, 0.6) is 5.75 Å². The third kappa shape index (κ3) is 3.27. The van der Waals surface area contributed by atoms with Gasteiger partial charge in [-0.2, -0.15) is 0 Å². The second-order valence-corrected chi connectivity index (χ2v) is 5.24. The van der Waals surface area contributed by atoms with Crippen molar-refractivity contribution in [1.82, 2.24) is 0 Å². The van der Waals surface area contributed by atoms with Gasteiger partial charge in [-0.3, -0.25) is 4.79 Å². The maximum atomic E-state index is 12.2. The second kappa shape index (κ2) is 6.29. The zero-order valence-electron chi connectivity index (χ0n) is 12.6. The summed E-state index contributed by atoms with van der Waals surface area (Å²) in [7, 11) is 0. The monoisotopic (exact) mass is 321 g/mol. The number of primary amides is 1. The van der Waals surface area contributed by atoms with Crippen LogP contribution in [-0.2, 0) is 0 Å². The summed E-state index contributed by atoms with van der Waals surface area (Å²) < 4.78 is 0. The molecule has 3 aromatic rings. The Labute approximate surface area is 137 Å². The fourth-order valence-corrected chi connectivity index (χ4v) is 2.40. The minimum Gasteiger partial charge on any atom is -0.508 e. The Bertz CT molecular complexity index is 938. The van der Waals surface area contributed by atoms with Gasteiger partial charge in [0.2, 0.25) is 5.91 Å². The number of hydrogen-bond acceptors (Lipinski definition) is 3. The number of amides is 3. The molecule has 0 aliphatic heterocycles. The molecule has 0 fully saturated rings. The minimum atomic E-state index is -0.566. The van der Waals surface area contributed by atoms with Crippen molar-refractivity contribution in [1.29, 1.82) is 0 Å². The van der Waals surface area contributed by atoms with Crippen molar-refractivity contribution in [2.45, 2.75) is 0 Å². The molecule has 24 heavy (non-hydrogen) atoms. The van der Waals surface area contributed by atoms with Gasteiger partial charge < -0.3 is 21.5 Å². The summed E-state index contributed by atoms with van der Waals surface area (Å²) in [6.07, 6.45) is 0. The molecule has 120 valence electrons. The lowest BCUT2D eigenvalue weighted by Crippen LogP contribution is -2.20. The highest BCUT2D eigenvalue weighted by Crippen LogP contribution is 2.27. The molecule has 6 heteroatoms. The Balaban J connectivity index is 1.82. The second-order valence-electron chi connectivity index (χ2n) is 5.24. The van der Waals surface area contributed by atoms with E-state index in [2.05, 4.69) is 10.6 Å². The first-order valence-corrected chi connectivity index (χ1v) is 7.22. The normalized spacial score (nSPS) is 10.3. The van der Waals surface area contributed by atoms with Crippen LogP contribution in [0, 0.1) is 0 Å². The van der Waals surface area contributed by atoms with E-state index in [1.54, 1.807) is 42.5 Å². The van der Waals surface area contributed by atoms with E-state index in [1.807, 2.05) is 12.1 Å². The number of nitrogens with one attached hydrogen (secondary N) is 2. The van der Waals surface area contributed by atoms with E-state index in [0.29, 0.717) is 16.9 Å². The molecule has 5 N–H and O–H groups in total. The van der Waals surface area contributed by atoms with Crippen LogP contribution < -0.4 is 16.4 Å². The van der Waals surface area contributed by atoms with E-state index in [1.165, 1.54) is 6.07 Å². The molecule has 0 spiro atoms. The third-order valence-electron chi connectivity index (χ3n) is 3.52. The minimum absolute atomic E-state index is 0.117. The van der Waals surface area contributed by atoms with Gasteiger partial charge in [0.1, 0.15) is 5.75 Å². The Kier molecular flexibility index (Phi) is 4.03. The van der Waals surface area contributed by atoms with Crippen molar-refractivity contribution in [2.24, 2.45) is 5.73 Å². The lowest BCUT2D eigenvalue weighted by atomic mass is 10.1. The van der Waals surface area contributed by atoms with Gasteiger partial charge in [0.15, 0.2) is 0 Å². The summed E-state index contributed by atoms with van der Waals surface area (Å²) in [5.41, 5.74) is 6.54. The Morgan fingerprint density at radius 3 is 2.50 bits per heavy atom. The number of nitrogens with two attached hydrogens (primary N) is 1. The zero-order chi connectivity index (χ0) is 17.1. The van der Waals surface area contributed by atoms with Crippen molar-refractivity contribution in [3.63, 3.8) is 0 Å². The first kappa shape index (κ1) is 15.4. The molecule has 0 unspecified atom stereocenters. The average molecular weight is 321 g/mol. The number of rotatable bonds is 3. The molecule has 3 rings (SSSR count). The van der Waals surface area contributed by atoms with Crippen LogP contribution >= 0.6 is 0 Å². The highest BCUT2D eigenvalue weighted by molar-refractivity contribution is 6.06. The van der Waals surface area contributed by atoms with Gasteiger partial charge in [-0.15, -0.1) is 0 Å². The smallest absolute Gasteiger partial charge is 0.323 e. The highest BCUT2D eigenvalue weighted by Gasteiger charge is 2.08. The maximum absolute atomic E-state index is 12.2. The number of urea groups is 1. The number of phenols is 1. The molecular weight excluding hydrogens is 306 g/mol. The lowest BCUT2D eigenvalue weighted by Gasteiger charge is -2.11. The summed E-state index contributed by atoms with van der Waals surface area (Å²) in [5, 5.41) is 16.6. The van der Waals surface area contributed by atoms with Gasteiger partial charge in [-0.1, -0.05) is 24.3 Å². The number of fused-ring (bicyclic) bond motifs is 1. The molecule has 0 saturated carbocycles. The quantitative estimate of drug-likeness (QED) is 0.595. The largest absolute Gasteiger partial charge is 0.508 e. The van der Waals surface area contributed by atoms with Gasteiger partial charge >= 0.3 is 6.03 Å². The Hall–Kier alpha value is -3.54. The summed E-state index contributed by atoms with van der Waals surface area (Å²) >= 11 is 0. The number of carbonyl (C=O) groups is 2. The summed E-state index contributed by atoms with van der Waals surface area (Å²) in [6, 6.07) is 16.2. The molecule has 0 bridgehead atoms. The Morgan fingerprint density at radius 2 is 1.71 bits per heavy atom. The van der Waals surface area contributed by atoms with Crippen LogP contribution in [0.2, 0.25) is 0 Å².